The van der Waals surface area contributed by atoms with E-state index in [1.54, 1.807) is 6.08 Å². The fourth-order valence-electron chi connectivity index (χ4n) is 2.97. The average molecular weight is 492 g/mol. The number of amides is 1. The Bertz CT molecular complexity index is 619. The van der Waals surface area contributed by atoms with Crippen molar-refractivity contribution >= 4 is 13.7 Å². The lowest BCUT2D eigenvalue weighted by Crippen LogP contribution is -2.44. The second-order valence-corrected chi connectivity index (χ2v) is 10.9. The van der Waals surface area contributed by atoms with Gasteiger partial charge in [0.1, 0.15) is 13.2 Å². The predicted molar refractivity (Wildman–Crippen MR) is 134 cm³/mol. The number of quaternary nitrogens is 1. The molecule has 0 fully saturated rings. The second-order valence-electron chi connectivity index (χ2n) is 9.44. The minimum absolute atomic E-state index is 0.0525. The fourth-order valence-corrected chi connectivity index (χ4v) is 3.70. The fraction of sp³-hybridized carbons (Fsp3) is 0.792. The van der Waals surface area contributed by atoms with Gasteiger partial charge in [-0.1, -0.05) is 63.3 Å². The number of phosphoric acid groups is 1. The van der Waals surface area contributed by atoms with Crippen LogP contribution in [0.5, 0.6) is 0 Å². The third-order valence-corrected chi connectivity index (χ3v) is 5.94. The molecule has 0 aromatic carbocycles. The van der Waals surface area contributed by atoms with Crippen LogP contribution in [0.1, 0.15) is 71.6 Å². The van der Waals surface area contributed by atoms with E-state index in [1.807, 2.05) is 27.2 Å². The lowest BCUT2D eigenvalue weighted by molar-refractivity contribution is -0.870. The number of likely N-dealkylation sites (N-methyl/N-ethyl adjacent to an activating group) is 1. The molecule has 0 heterocycles. The van der Waals surface area contributed by atoms with E-state index in [1.165, 1.54) is 45.4 Å². The molecule has 0 saturated heterocycles. The van der Waals surface area contributed by atoms with Crippen molar-refractivity contribution in [2.75, 3.05) is 40.9 Å². The van der Waals surface area contributed by atoms with Crippen LogP contribution in [0.15, 0.2) is 24.3 Å². The van der Waals surface area contributed by atoms with Crippen LogP contribution in [0.25, 0.3) is 0 Å². The number of nitrogens with zero attached hydrogens (tertiary/aromatic N) is 1. The van der Waals surface area contributed by atoms with E-state index in [2.05, 4.69) is 24.4 Å². The van der Waals surface area contributed by atoms with Crippen LogP contribution >= 0.6 is 7.82 Å². The zero-order valence-electron chi connectivity index (χ0n) is 21.4. The molecule has 0 rings (SSSR count). The van der Waals surface area contributed by atoms with Gasteiger partial charge in [-0.15, -0.1) is 0 Å². The molecule has 0 radical (unpaired) electrons. The largest absolute Gasteiger partial charge is 0.472 e. The summed E-state index contributed by atoms with van der Waals surface area (Å²) in [4.78, 5) is 21.3. The number of nitrogens with one attached hydrogen (secondary N) is 1. The number of carbonyl (C=O) groups is 1. The monoisotopic (exact) mass is 491 g/mol. The van der Waals surface area contributed by atoms with Gasteiger partial charge < -0.3 is 19.8 Å². The van der Waals surface area contributed by atoms with Crippen molar-refractivity contribution in [2.45, 2.75) is 83.8 Å². The molecule has 0 bridgehead atoms. The molecule has 0 spiro atoms. The number of phosphoric ester groups is 1. The van der Waals surface area contributed by atoms with Crippen LogP contribution in [0.3, 0.4) is 0 Å². The maximum atomic E-state index is 12.1. The number of hydrogen-bond acceptors (Lipinski definition) is 5. The van der Waals surface area contributed by atoms with Gasteiger partial charge in [0, 0.05) is 6.92 Å². The van der Waals surface area contributed by atoms with E-state index in [9.17, 15) is 19.4 Å². The van der Waals surface area contributed by atoms with Gasteiger partial charge in [0.05, 0.1) is 39.9 Å². The summed E-state index contributed by atoms with van der Waals surface area (Å²) in [7, 11) is 1.53. The number of allylic oxidation sites excluding steroid dienone is 3. The Hall–Kier alpha value is -1.02. The number of hydrogen-bond donors (Lipinski definition) is 3. The van der Waals surface area contributed by atoms with Gasteiger partial charge in [-0.3, -0.25) is 13.8 Å². The van der Waals surface area contributed by atoms with Gasteiger partial charge in [-0.05, 0) is 25.7 Å². The lowest BCUT2D eigenvalue weighted by atomic mass is 10.1. The highest BCUT2D eigenvalue weighted by Crippen LogP contribution is 2.43. The molecule has 3 unspecified atom stereocenters. The van der Waals surface area contributed by atoms with Crippen LogP contribution in [0, 0.1) is 0 Å². The highest BCUT2D eigenvalue weighted by Gasteiger charge is 2.27. The van der Waals surface area contributed by atoms with Crippen LogP contribution in [-0.4, -0.2) is 73.4 Å². The van der Waals surface area contributed by atoms with Crippen molar-refractivity contribution in [1.29, 1.82) is 0 Å². The zero-order chi connectivity index (χ0) is 25.2. The molecule has 9 heteroatoms. The molecule has 1 amide bonds. The van der Waals surface area contributed by atoms with E-state index in [-0.39, 0.29) is 19.1 Å². The lowest BCUT2D eigenvalue weighted by Gasteiger charge is -2.25. The molecule has 0 saturated carbocycles. The molecule has 0 aromatic rings. The van der Waals surface area contributed by atoms with Gasteiger partial charge in [0.25, 0.3) is 0 Å². The van der Waals surface area contributed by atoms with Crippen LogP contribution in [0.2, 0.25) is 0 Å². The predicted octanol–water partition coefficient (Wildman–Crippen LogP) is 4.34. The summed E-state index contributed by atoms with van der Waals surface area (Å²) < 4.78 is 22.6. The van der Waals surface area contributed by atoms with Crippen molar-refractivity contribution in [1.82, 2.24) is 5.32 Å². The Labute approximate surface area is 201 Å². The minimum Gasteiger partial charge on any atom is -0.387 e. The standard InChI is InChI=1S/C24H47N2O6P/c1-6-7-8-9-10-11-12-13-14-15-16-17-18-24(28)23(25-22(2)27)21-32-33(29,30)31-20-19-26(3,4)5/h13-14,17-18,23-24,28H,6-12,15-16,19-21H2,1-5H3,(H-,25,27,29,30)/p+1/b14-13+,18-17+. The van der Waals surface area contributed by atoms with E-state index in [0.29, 0.717) is 11.0 Å². The topological polar surface area (TPSA) is 105 Å². The number of carbonyl (C=O) groups excluding carboxylic acids is 1. The van der Waals surface area contributed by atoms with Crippen LogP contribution in [0.4, 0.5) is 0 Å². The molecule has 194 valence electrons. The molecule has 0 aromatic heterocycles. The van der Waals surface area contributed by atoms with Crippen LogP contribution < -0.4 is 5.32 Å². The molecular weight excluding hydrogens is 443 g/mol. The Morgan fingerprint density at radius 2 is 1.61 bits per heavy atom. The minimum atomic E-state index is -4.28. The van der Waals surface area contributed by atoms with Gasteiger partial charge in [0.2, 0.25) is 5.91 Å². The zero-order valence-corrected chi connectivity index (χ0v) is 22.3. The summed E-state index contributed by atoms with van der Waals surface area (Å²) in [6, 6.07) is -0.857. The summed E-state index contributed by atoms with van der Waals surface area (Å²) in [5, 5.41) is 12.9. The number of aliphatic hydroxyl groups is 1. The van der Waals surface area contributed by atoms with E-state index >= 15 is 0 Å². The van der Waals surface area contributed by atoms with E-state index in [0.717, 1.165) is 19.3 Å². The highest BCUT2D eigenvalue weighted by atomic mass is 31.2. The Morgan fingerprint density at radius 1 is 1.00 bits per heavy atom. The molecule has 33 heavy (non-hydrogen) atoms. The average Bonchev–Trinajstić information content (AvgIpc) is 2.70. The summed E-state index contributed by atoms with van der Waals surface area (Å²) in [6.07, 6.45) is 17.2. The highest BCUT2D eigenvalue weighted by molar-refractivity contribution is 7.47. The SMILES string of the molecule is CCCCCCCC/C=C/CC/C=C/C(O)C(COP(=O)(O)OCC[N+](C)(C)C)NC(C)=O. The smallest absolute Gasteiger partial charge is 0.387 e. The molecular formula is C24H48N2O6P+. The molecule has 8 nitrogen and oxygen atoms in total. The van der Waals surface area contributed by atoms with Crippen molar-refractivity contribution in [3.05, 3.63) is 24.3 Å². The first-order chi connectivity index (χ1) is 15.5. The summed E-state index contributed by atoms with van der Waals surface area (Å²) in [6.45, 7) is 3.77. The summed E-state index contributed by atoms with van der Waals surface area (Å²) >= 11 is 0. The van der Waals surface area contributed by atoms with Crippen molar-refractivity contribution < 1.29 is 32.9 Å². The number of unbranched alkanes of at least 4 members (excludes halogenated alkanes) is 7. The number of rotatable bonds is 20. The van der Waals surface area contributed by atoms with Gasteiger partial charge >= 0.3 is 7.82 Å². The maximum absolute atomic E-state index is 12.1. The Kier molecular flexibility index (Phi) is 17.8. The molecule has 0 aliphatic carbocycles. The summed E-state index contributed by atoms with van der Waals surface area (Å²) in [5.41, 5.74) is 0. The molecule has 0 aliphatic rings. The molecule has 0 aliphatic heterocycles. The van der Waals surface area contributed by atoms with Gasteiger partial charge in [0.15, 0.2) is 0 Å². The quantitative estimate of drug-likeness (QED) is 0.101. The van der Waals surface area contributed by atoms with Gasteiger partial charge in [-0.25, -0.2) is 4.57 Å². The second kappa shape index (κ2) is 18.3. The van der Waals surface area contributed by atoms with E-state index in [4.69, 9.17) is 9.05 Å². The van der Waals surface area contributed by atoms with Crippen molar-refractivity contribution in [3.63, 3.8) is 0 Å². The summed E-state index contributed by atoms with van der Waals surface area (Å²) in [5.74, 6) is -0.368. The number of aliphatic hydroxyl groups excluding tert-OH is 1. The first-order valence-electron chi connectivity index (χ1n) is 12.2. The normalized spacial score (nSPS) is 16.2. The van der Waals surface area contributed by atoms with Gasteiger partial charge in [-0.2, -0.15) is 0 Å². The van der Waals surface area contributed by atoms with Crippen LogP contribution in [-0.2, 0) is 18.4 Å². The maximum Gasteiger partial charge on any atom is 0.472 e. The van der Waals surface area contributed by atoms with E-state index < -0.39 is 20.0 Å². The Balaban J connectivity index is 4.32. The molecule has 3 N–H and O–H groups in total. The first-order valence-corrected chi connectivity index (χ1v) is 13.7. The third kappa shape index (κ3) is 21.3. The third-order valence-electron chi connectivity index (χ3n) is 4.96. The molecule has 3 atom stereocenters. The first kappa shape index (κ1) is 32.0. The Morgan fingerprint density at radius 3 is 2.24 bits per heavy atom. The van der Waals surface area contributed by atoms with Crippen molar-refractivity contribution in [3.8, 4) is 0 Å². The van der Waals surface area contributed by atoms with Crippen molar-refractivity contribution in [2.24, 2.45) is 0 Å².